The maximum absolute atomic E-state index is 12.2. The Kier molecular flexibility index (Phi) is 8.32. The third-order valence-electron chi connectivity index (χ3n) is 4.02. The second kappa shape index (κ2) is 10.7. The number of nitrogens with one attached hydrogen (secondary N) is 2. The lowest BCUT2D eigenvalue weighted by Gasteiger charge is -2.13. The van der Waals surface area contributed by atoms with E-state index in [1.165, 1.54) is 0 Å². The fraction of sp³-hybridized carbons (Fsp3) is 0.333. The van der Waals surface area contributed by atoms with Gasteiger partial charge in [-0.2, -0.15) is 0 Å². The highest BCUT2D eigenvalue weighted by Gasteiger charge is 2.12. The van der Waals surface area contributed by atoms with Crippen LogP contribution in [0, 0.1) is 13.8 Å². The minimum absolute atomic E-state index is 0.195. The molecule has 0 aliphatic carbocycles. The van der Waals surface area contributed by atoms with Gasteiger partial charge in [0.1, 0.15) is 11.5 Å². The van der Waals surface area contributed by atoms with Crippen LogP contribution < -0.4 is 20.3 Å². The minimum atomic E-state index is -0.449. The molecule has 0 heterocycles. The van der Waals surface area contributed by atoms with Gasteiger partial charge in [-0.3, -0.25) is 20.4 Å². The molecule has 0 atom stereocenters. The Bertz CT molecular complexity index is 819. The summed E-state index contributed by atoms with van der Waals surface area (Å²) < 4.78 is 11.9. The zero-order valence-corrected chi connectivity index (χ0v) is 17.9. The predicted octanol–water partition coefficient (Wildman–Crippen LogP) is 4.08. The van der Waals surface area contributed by atoms with E-state index >= 15 is 0 Å². The third kappa shape index (κ3) is 6.27. The average Bonchev–Trinajstić information content (AvgIpc) is 2.67. The van der Waals surface area contributed by atoms with Crippen molar-refractivity contribution in [2.75, 3.05) is 13.2 Å². The number of unbranched alkanes of at least 4 members (excludes halogenated alkanes) is 1. The van der Waals surface area contributed by atoms with Crippen LogP contribution in [0.2, 0.25) is 0 Å². The highest BCUT2D eigenvalue weighted by molar-refractivity contribution is 9.10. The fourth-order valence-corrected chi connectivity index (χ4v) is 2.98. The molecule has 0 aliphatic rings. The number of carbonyl (C=O) groups excluding carboxylic acids is 2. The number of hydrogen-bond acceptors (Lipinski definition) is 4. The van der Waals surface area contributed by atoms with E-state index in [0.717, 1.165) is 24.0 Å². The van der Waals surface area contributed by atoms with Gasteiger partial charge >= 0.3 is 0 Å². The number of para-hydroxylation sites is 1. The molecule has 0 aromatic heterocycles. The van der Waals surface area contributed by atoms with E-state index in [1.807, 2.05) is 32.0 Å². The van der Waals surface area contributed by atoms with Gasteiger partial charge in [0.25, 0.3) is 11.8 Å². The van der Waals surface area contributed by atoms with Crippen LogP contribution in [-0.4, -0.2) is 25.0 Å². The summed E-state index contributed by atoms with van der Waals surface area (Å²) in [6, 6.07) is 10.8. The van der Waals surface area contributed by atoms with E-state index < -0.39 is 11.8 Å². The first-order valence-electron chi connectivity index (χ1n) is 9.13. The molecule has 0 spiro atoms. The Balaban J connectivity index is 1.84. The molecule has 2 aromatic carbocycles. The summed E-state index contributed by atoms with van der Waals surface area (Å²) in [6.07, 6.45) is 2.01. The molecule has 0 saturated carbocycles. The van der Waals surface area contributed by atoms with Gasteiger partial charge in [-0.25, -0.2) is 0 Å². The zero-order valence-electron chi connectivity index (χ0n) is 16.3. The highest BCUT2D eigenvalue weighted by atomic mass is 79.9. The van der Waals surface area contributed by atoms with Crippen LogP contribution in [0.25, 0.3) is 0 Å². The standard InChI is InChI=1S/C21H25BrN2O4/c1-4-5-11-27-18-10-9-16(12-17(18)22)21(26)24-23-19(25)13-28-20-14(2)7-6-8-15(20)3/h6-10,12H,4-5,11,13H2,1-3H3,(H,23,25)(H,24,26). The summed E-state index contributed by atoms with van der Waals surface area (Å²) in [6.45, 7) is 6.34. The molecular formula is C21H25BrN2O4. The van der Waals surface area contributed by atoms with Crippen molar-refractivity contribution in [2.24, 2.45) is 0 Å². The van der Waals surface area contributed by atoms with Crippen molar-refractivity contribution in [2.45, 2.75) is 33.6 Å². The molecule has 0 fully saturated rings. The normalized spacial score (nSPS) is 10.3. The molecule has 7 heteroatoms. The molecule has 0 radical (unpaired) electrons. The number of amides is 2. The Morgan fingerprint density at radius 1 is 1.04 bits per heavy atom. The van der Waals surface area contributed by atoms with Gasteiger partial charge in [-0.05, 0) is 65.5 Å². The largest absolute Gasteiger partial charge is 0.492 e. The summed E-state index contributed by atoms with van der Waals surface area (Å²) in [5, 5.41) is 0. The van der Waals surface area contributed by atoms with Crippen LogP contribution in [0.3, 0.4) is 0 Å². The average molecular weight is 449 g/mol. The minimum Gasteiger partial charge on any atom is -0.492 e. The van der Waals surface area contributed by atoms with Crippen LogP contribution in [0.15, 0.2) is 40.9 Å². The van der Waals surface area contributed by atoms with Crippen molar-refractivity contribution in [3.8, 4) is 11.5 Å². The lowest BCUT2D eigenvalue weighted by Crippen LogP contribution is -2.43. The number of benzene rings is 2. The van der Waals surface area contributed by atoms with Crippen LogP contribution >= 0.6 is 15.9 Å². The van der Waals surface area contributed by atoms with E-state index in [2.05, 4.69) is 33.7 Å². The zero-order chi connectivity index (χ0) is 20.5. The van der Waals surface area contributed by atoms with E-state index in [4.69, 9.17) is 9.47 Å². The number of hydrogen-bond donors (Lipinski definition) is 2. The smallest absolute Gasteiger partial charge is 0.276 e. The van der Waals surface area contributed by atoms with E-state index in [-0.39, 0.29) is 6.61 Å². The van der Waals surface area contributed by atoms with Gasteiger partial charge in [0.2, 0.25) is 0 Å². The molecule has 0 unspecified atom stereocenters. The van der Waals surface area contributed by atoms with Crippen molar-refractivity contribution in [3.05, 3.63) is 57.6 Å². The van der Waals surface area contributed by atoms with Gasteiger partial charge < -0.3 is 9.47 Å². The van der Waals surface area contributed by atoms with Crippen LogP contribution in [-0.2, 0) is 4.79 Å². The van der Waals surface area contributed by atoms with Crippen molar-refractivity contribution in [1.82, 2.24) is 10.9 Å². The molecule has 2 amide bonds. The van der Waals surface area contributed by atoms with Gasteiger partial charge in [0, 0.05) is 5.56 Å². The number of carbonyl (C=O) groups is 2. The molecule has 2 N–H and O–H groups in total. The molecule has 0 bridgehead atoms. The van der Waals surface area contributed by atoms with Crippen molar-refractivity contribution in [3.63, 3.8) is 0 Å². The van der Waals surface area contributed by atoms with E-state index in [1.54, 1.807) is 18.2 Å². The van der Waals surface area contributed by atoms with Crippen molar-refractivity contribution >= 4 is 27.7 Å². The maximum Gasteiger partial charge on any atom is 0.276 e. The first-order chi connectivity index (χ1) is 13.4. The van der Waals surface area contributed by atoms with E-state index in [9.17, 15) is 9.59 Å². The first kappa shape index (κ1) is 21.8. The summed E-state index contributed by atoms with van der Waals surface area (Å²) in [4.78, 5) is 24.2. The molecule has 28 heavy (non-hydrogen) atoms. The van der Waals surface area contributed by atoms with Crippen LogP contribution in [0.1, 0.15) is 41.3 Å². The van der Waals surface area contributed by atoms with Gasteiger partial charge in [-0.15, -0.1) is 0 Å². The first-order valence-corrected chi connectivity index (χ1v) is 9.92. The Labute approximate surface area is 173 Å². The molecule has 0 saturated heterocycles. The quantitative estimate of drug-likeness (QED) is 0.470. The fourth-order valence-electron chi connectivity index (χ4n) is 2.48. The SMILES string of the molecule is CCCCOc1ccc(C(=O)NNC(=O)COc2c(C)cccc2C)cc1Br. The van der Waals surface area contributed by atoms with Gasteiger partial charge in [-0.1, -0.05) is 31.5 Å². The number of aryl methyl sites for hydroxylation is 2. The van der Waals surface area contributed by atoms with Crippen LogP contribution in [0.4, 0.5) is 0 Å². The van der Waals surface area contributed by atoms with Gasteiger partial charge in [0.05, 0.1) is 11.1 Å². The number of halogens is 1. The number of rotatable bonds is 8. The maximum atomic E-state index is 12.2. The Morgan fingerprint density at radius 3 is 2.39 bits per heavy atom. The molecule has 150 valence electrons. The van der Waals surface area contributed by atoms with Crippen molar-refractivity contribution in [1.29, 1.82) is 0 Å². The molecule has 0 aliphatic heterocycles. The number of ether oxygens (including phenoxy) is 2. The second-order valence-electron chi connectivity index (χ2n) is 6.36. The Morgan fingerprint density at radius 2 is 1.75 bits per heavy atom. The third-order valence-corrected chi connectivity index (χ3v) is 4.64. The molecular weight excluding hydrogens is 424 g/mol. The molecule has 2 rings (SSSR count). The van der Waals surface area contributed by atoms with Gasteiger partial charge in [0.15, 0.2) is 6.61 Å². The lowest BCUT2D eigenvalue weighted by atomic mass is 10.1. The second-order valence-corrected chi connectivity index (χ2v) is 7.21. The summed E-state index contributed by atoms with van der Waals surface area (Å²) >= 11 is 3.40. The predicted molar refractivity (Wildman–Crippen MR) is 112 cm³/mol. The summed E-state index contributed by atoms with van der Waals surface area (Å²) in [7, 11) is 0. The van der Waals surface area contributed by atoms with Crippen molar-refractivity contribution < 1.29 is 19.1 Å². The number of hydrazine groups is 1. The highest BCUT2D eigenvalue weighted by Crippen LogP contribution is 2.26. The summed E-state index contributed by atoms with van der Waals surface area (Å²) in [5.74, 6) is 0.471. The monoisotopic (exact) mass is 448 g/mol. The molecule has 2 aromatic rings. The van der Waals surface area contributed by atoms with E-state index in [0.29, 0.717) is 28.1 Å². The Hall–Kier alpha value is -2.54. The van der Waals surface area contributed by atoms with Crippen LogP contribution in [0.5, 0.6) is 11.5 Å². The topological polar surface area (TPSA) is 76.7 Å². The molecule has 6 nitrogen and oxygen atoms in total. The summed E-state index contributed by atoms with van der Waals surface area (Å²) in [5.41, 5.74) is 7.03. The lowest BCUT2D eigenvalue weighted by molar-refractivity contribution is -0.123.